The van der Waals surface area contributed by atoms with Gasteiger partial charge < -0.3 is 4.74 Å². The van der Waals surface area contributed by atoms with Gasteiger partial charge in [0, 0.05) is 12.3 Å². The minimum Gasteiger partial charge on any atom is -0.487 e. The first-order chi connectivity index (χ1) is 11.5. The molecule has 1 aromatic carbocycles. The average Bonchev–Trinajstić information content (AvgIpc) is 3.01. The lowest BCUT2D eigenvalue weighted by atomic mass is 10.3. The van der Waals surface area contributed by atoms with E-state index < -0.39 is 10.0 Å². The summed E-state index contributed by atoms with van der Waals surface area (Å²) in [7, 11) is -3.61. The topological polar surface area (TPSA) is 68.3 Å². The molecule has 0 bridgehead atoms. The van der Waals surface area contributed by atoms with Crippen LogP contribution in [0.25, 0.3) is 0 Å². The van der Waals surface area contributed by atoms with Gasteiger partial charge in [-0.2, -0.15) is 0 Å². The maximum Gasteiger partial charge on any atom is 0.271 e. The molecule has 0 fully saturated rings. The second-order valence-corrected chi connectivity index (χ2v) is 9.17. The van der Waals surface area contributed by atoms with Crippen LogP contribution in [-0.2, 0) is 16.6 Å². The summed E-state index contributed by atoms with van der Waals surface area (Å²) in [6.07, 6.45) is 1.70. The molecule has 2 heterocycles. The third kappa shape index (κ3) is 4.34. The lowest BCUT2D eigenvalue weighted by molar-refractivity contribution is 0.301. The van der Waals surface area contributed by atoms with Crippen LogP contribution in [0.15, 0.2) is 68.8 Å². The van der Waals surface area contributed by atoms with Crippen molar-refractivity contribution in [1.29, 1.82) is 0 Å². The summed E-state index contributed by atoms with van der Waals surface area (Å²) in [6, 6.07) is 15.7. The number of ether oxygens (including phenoxy) is 1. The quantitative estimate of drug-likeness (QED) is 0.640. The van der Waals surface area contributed by atoms with E-state index in [1.54, 1.807) is 42.6 Å². The fourth-order valence-electron chi connectivity index (χ4n) is 1.94. The molecule has 0 aliphatic carbocycles. The van der Waals surface area contributed by atoms with Crippen molar-refractivity contribution in [1.82, 2.24) is 4.98 Å². The smallest absolute Gasteiger partial charge is 0.271 e. The largest absolute Gasteiger partial charge is 0.487 e. The monoisotopic (exact) mass is 424 g/mol. The van der Waals surface area contributed by atoms with Crippen LogP contribution in [0.2, 0.25) is 0 Å². The molecule has 0 amide bonds. The van der Waals surface area contributed by atoms with Gasteiger partial charge in [0.1, 0.15) is 16.6 Å². The summed E-state index contributed by atoms with van der Waals surface area (Å²) in [6.45, 7) is 0.314. The van der Waals surface area contributed by atoms with Gasteiger partial charge in [0.05, 0.1) is 15.2 Å². The summed E-state index contributed by atoms with van der Waals surface area (Å²) in [5.74, 6) is 0.563. The first-order valence-corrected chi connectivity index (χ1v) is 10.0. The van der Waals surface area contributed by atoms with E-state index in [0.29, 0.717) is 18.0 Å². The second-order valence-electron chi connectivity index (χ2n) is 4.80. The number of rotatable bonds is 6. The molecule has 0 radical (unpaired) electrons. The minimum absolute atomic E-state index is 0.245. The molecule has 8 heteroatoms. The van der Waals surface area contributed by atoms with Gasteiger partial charge in [0.2, 0.25) is 0 Å². The highest BCUT2D eigenvalue weighted by Gasteiger charge is 2.16. The first kappa shape index (κ1) is 16.9. The standard InChI is InChI=1S/C16H13BrN2O3S2/c17-15-7-8-16(23-15)24(20,21)19-12-5-3-6-14(10-12)22-11-13-4-1-2-9-18-13/h1-10,19H,11H2. The van der Waals surface area contributed by atoms with E-state index in [-0.39, 0.29) is 4.21 Å². The molecule has 0 saturated heterocycles. The highest BCUT2D eigenvalue weighted by Crippen LogP contribution is 2.28. The fraction of sp³-hybridized carbons (Fsp3) is 0.0625. The van der Waals surface area contributed by atoms with E-state index in [9.17, 15) is 8.42 Å². The Morgan fingerprint density at radius 2 is 2.00 bits per heavy atom. The summed E-state index contributed by atoms with van der Waals surface area (Å²) in [5, 5.41) is 0. The molecule has 0 spiro atoms. The molecule has 0 saturated carbocycles. The molecule has 0 unspecified atom stereocenters. The number of halogens is 1. The summed E-state index contributed by atoms with van der Waals surface area (Å²) in [4.78, 5) is 4.18. The van der Waals surface area contributed by atoms with E-state index in [2.05, 4.69) is 25.6 Å². The van der Waals surface area contributed by atoms with E-state index in [0.717, 1.165) is 20.8 Å². The lowest BCUT2D eigenvalue weighted by Gasteiger charge is -2.09. The number of sulfonamides is 1. The molecular weight excluding hydrogens is 412 g/mol. The molecule has 2 aromatic heterocycles. The Morgan fingerprint density at radius 3 is 2.71 bits per heavy atom. The van der Waals surface area contributed by atoms with Crippen LogP contribution in [0, 0.1) is 0 Å². The predicted octanol–water partition coefficient (Wildman–Crippen LogP) is 4.29. The van der Waals surface area contributed by atoms with Gasteiger partial charge in [-0.15, -0.1) is 11.3 Å². The van der Waals surface area contributed by atoms with Crippen molar-refractivity contribution >= 4 is 43.0 Å². The summed E-state index contributed by atoms with van der Waals surface area (Å²) in [5.41, 5.74) is 1.24. The molecular formula is C16H13BrN2O3S2. The van der Waals surface area contributed by atoms with Crippen molar-refractivity contribution < 1.29 is 13.2 Å². The Kier molecular flexibility index (Phi) is 5.17. The van der Waals surface area contributed by atoms with Gasteiger partial charge >= 0.3 is 0 Å². The maximum absolute atomic E-state index is 12.3. The van der Waals surface area contributed by atoms with Crippen LogP contribution in [0.3, 0.4) is 0 Å². The van der Waals surface area contributed by atoms with Crippen LogP contribution >= 0.6 is 27.3 Å². The maximum atomic E-state index is 12.3. The van der Waals surface area contributed by atoms with Crippen molar-refractivity contribution in [3.8, 4) is 5.75 Å². The Hall–Kier alpha value is -1.90. The third-order valence-electron chi connectivity index (χ3n) is 3.01. The van der Waals surface area contributed by atoms with E-state index in [1.807, 2.05) is 18.2 Å². The van der Waals surface area contributed by atoms with Gasteiger partial charge in [-0.3, -0.25) is 9.71 Å². The Morgan fingerprint density at radius 1 is 1.12 bits per heavy atom. The molecule has 24 heavy (non-hydrogen) atoms. The van der Waals surface area contributed by atoms with E-state index in [4.69, 9.17) is 4.74 Å². The molecule has 0 aliphatic heterocycles. The van der Waals surface area contributed by atoms with Crippen LogP contribution in [0.1, 0.15) is 5.69 Å². The average molecular weight is 425 g/mol. The van der Waals surface area contributed by atoms with Crippen LogP contribution in [0.4, 0.5) is 5.69 Å². The summed E-state index contributed by atoms with van der Waals surface area (Å²) >= 11 is 4.42. The highest BCUT2D eigenvalue weighted by atomic mass is 79.9. The highest BCUT2D eigenvalue weighted by molar-refractivity contribution is 9.11. The zero-order valence-corrected chi connectivity index (χ0v) is 15.6. The number of nitrogens with zero attached hydrogens (tertiary/aromatic N) is 1. The van der Waals surface area contributed by atoms with Gasteiger partial charge in [-0.05, 0) is 52.3 Å². The lowest BCUT2D eigenvalue weighted by Crippen LogP contribution is -2.11. The van der Waals surface area contributed by atoms with Crippen molar-refractivity contribution in [3.63, 3.8) is 0 Å². The Balaban J connectivity index is 1.71. The number of anilines is 1. The van der Waals surface area contributed by atoms with Crippen molar-refractivity contribution in [2.45, 2.75) is 10.8 Å². The Bertz CT molecular complexity index is 927. The van der Waals surface area contributed by atoms with Gasteiger partial charge in [-0.25, -0.2) is 8.42 Å². The molecule has 5 nitrogen and oxygen atoms in total. The van der Waals surface area contributed by atoms with Crippen molar-refractivity contribution in [2.24, 2.45) is 0 Å². The summed E-state index contributed by atoms with van der Waals surface area (Å²) < 4.78 is 33.9. The zero-order chi connectivity index (χ0) is 17.0. The molecule has 0 aliphatic rings. The fourth-order valence-corrected chi connectivity index (χ4v) is 5.00. The number of pyridine rings is 1. The van der Waals surface area contributed by atoms with Gasteiger partial charge in [-0.1, -0.05) is 12.1 Å². The molecule has 3 aromatic rings. The molecule has 1 N–H and O–H groups in total. The SMILES string of the molecule is O=S(=O)(Nc1cccc(OCc2ccccn2)c1)c1ccc(Br)s1. The first-order valence-electron chi connectivity index (χ1n) is 6.94. The second kappa shape index (κ2) is 7.33. The Labute approximate surface area is 152 Å². The normalized spacial score (nSPS) is 11.2. The number of nitrogens with one attached hydrogen (secondary N) is 1. The molecule has 0 atom stereocenters. The van der Waals surface area contributed by atoms with E-state index >= 15 is 0 Å². The number of thiophene rings is 1. The third-order valence-corrected chi connectivity index (χ3v) is 6.51. The van der Waals surface area contributed by atoms with Crippen LogP contribution in [0.5, 0.6) is 5.75 Å². The number of hydrogen-bond acceptors (Lipinski definition) is 5. The van der Waals surface area contributed by atoms with Crippen LogP contribution in [-0.4, -0.2) is 13.4 Å². The van der Waals surface area contributed by atoms with Gasteiger partial charge in [0.15, 0.2) is 0 Å². The van der Waals surface area contributed by atoms with E-state index in [1.165, 1.54) is 0 Å². The molecule has 3 rings (SSSR count). The van der Waals surface area contributed by atoms with Crippen molar-refractivity contribution in [2.75, 3.05) is 4.72 Å². The molecule has 124 valence electrons. The zero-order valence-electron chi connectivity index (χ0n) is 12.3. The number of hydrogen-bond donors (Lipinski definition) is 1. The predicted molar refractivity (Wildman–Crippen MR) is 97.8 cm³/mol. The van der Waals surface area contributed by atoms with Crippen LogP contribution < -0.4 is 9.46 Å². The number of benzene rings is 1. The van der Waals surface area contributed by atoms with Gasteiger partial charge in [0.25, 0.3) is 10.0 Å². The van der Waals surface area contributed by atoms with Crippen molar-refractivity contribution in [3.05, 3.63) is 70.3 Å². The minimum atomic E-state index is -3.61. The number of aromatic nitrogens is 1.